The number of carbonyl (C=O) groups excluding carboxylic acids is 1. The van der Waals surface area contributed by atoms with E-state index in [0.29, 0.717) is 18.7 Å². The number of ether oxygens (including phenoxy) is 1. The zero-order chi connectivity index (χ0) is 13.3. The molecule has 18 heavy (non-hydrogen) atoms. The third-order valence-electron chi connectivity index (χ3n) is 2.87. The van der Waals surface area contributed by atoms with E-state index in [1.165, 1.54) is 6.20 Å². The number of rotatable bonds is 2. The largest absolute Gasteiger partial charge is 0.394 e. The average Bonchev–Trinajstić information content (AvgIpc) is 2.72. The molecule has 0 aliphatic carbocycles. The molecule has 1 fully saturated rings. The highest BCUT2D eigenvalue weighted by molar-refractivity contribution is 5.98. The van der Waals surface area contributed by atoms with Crippen LogP contribution in [0.2, 0.25) is 0 Å². The topological polar surface area (TPSA) is 104 Å². The van der Waals surface area contributed by atoms with Gasteiger partial charge < -0.3 is 20.5 Å². The number of nitrogens with one attached hydrogen (secondary N) is 1. The van der Waals surface area contributed by atoms with E-state index >= 15 is 0 Å². The summed E-state index contributed by atoms with van der Waals surface area (Å²) in [7, 11) is 0. The summed E-state index contributed by atoms with van der Waals surface area (Å²) < 4.78 is 5.65. The van der Waals surface area contributed by atoms with Crippen molar-refractivity contribution in [1.82, 2.24) is 15.1 Å². The van der Waals surface area contributed by atoms with Gasteiger partial charge in [-0.25, -0.2) is 0 Å². The molecule has 0 radical (unpaired) electrons. The van der Waals surface area contributed by atoms with E-state index in [1.54, 1.807) is 4.90 Å². The molecular formula is C11H18N4O3. The Labute approximate surface area is 105 Å². The number of amides is 1. The van der Waals surface area contributed by atoms with Crippen LogP contribution in [0, 0.1) is 0 Å². The maximum absolute atomic E-state index is 12.3. The van der Waals surface area contributed by atoms with Crippen LogP contribution in [0.1, 0.15) is 24.2 Å². The highest BCUT2D eigenvalue weighted by Crippen LogP contribution is 2.23. The Balaban J connectivity index is 2.17. The van der Waals surface area contributed by atoms with Gasteiger partial charge in [0.1, 0.15) is 11.4 Å². The Morgan fingerprint density at radius 3 is 3.06 bits per heavy atom. The second-order valence-electron chi connectivity index (χ2n) is 5.07. The zero-order valence-electron chi connectivity index (χ0n) is 10.5. The lowest BCUT2D eigenvalue weighted by atomic mass is 10.0. The van der Waals surface area contributed by atoms with Crippen molar-refractivity contribution in [2.24, 2.45) is 0 Å². The molecule has 0 saturated carbocycles. The highest BCUT2D eigenvalue weighted by Gasteiger charge is 2.36. The number of hydrogen-bond donors (Lipinski definition) is 3. The van der Waals surface area contributed by atoms with Gasteiger partial charge in [0, 0.05) is 13.1 Å². The lowest BCUT2D eigenvalue weighted by Gasteiger charge is -2.42. The molecule has 1 saturated heterocycles. The van der Waals surface area contributed by atoms with Crippen LogP contribution in [0.4, 0.5) is 5.82 Å². The first kappa shape index (κ1) is 12.8. The number of anilines is 1. The van der Waals surface area contributed by atoms with Crippen LogP contribution < -0.4 is 5.73 Å². The molecule has 2 rings (SSSR count). The van der Waals surface area contributed by atoms with Crippen molar-refractivity contribution in [3.63, 3.8) is 0 Å². The van der Waals surface area contributed by atoms with Gasteiger partial charge in [0.05, 0.1) is 24.5 Å². The quantitative estimate of drug-likeness (QED) is 0.666. The van der Waals surface area contributed by atoms with Crippen LogP contribution in [0.25, 0.3) is 0 Å². The first-order valence-electron chi connectivity index (χ1n) is 5.80. The maximum Gasteiger partial charge on any atom is 0.259 e. The number of aliphatic hydroxyl groups excluding tert-OH is 1. The van der Waals surface area contributed by atoms with E-state index < -0.39 is 5.60 Å². The third-order valence-corrected chi connectivity index (χ3v) is 2.87. The van der Waals surface area contributed by atoms with Gasteiger partial charge in [0.2, 0.25) is 0 Å². The van der Waals surface area contributed by atoms with Crippen LogP contribution in [0.3, 0.4) is 0 Å². The van der Waals surface area contributed by atoms with Gasteiger partial charge in [0.25, 0.3) is 5.91 Å². The van der Waals surface area contributed by atoms with Gasteiger partial charge in [-0.2, -0.15) is 5.10 Å². The van der Waals surface area contributed by atoms with Crippen molar-refractivity contribution < 1.29 is 14.6 Å². The number of hydrogen-bond acceptors (Lipinski definition) is 5. The summed E-state index contributed by atoms with van der Waals surface area (Å²) >= 11 is 0. The first-order chi connectivity index (χ1) is 8.43. The number of H-pyrrole nitrogens is 1. The minimum absolute atomic E-state index is 0.117. The summed E-state index contributed by atoms with van der Waals surface area (Å²) in [5.41, 5.74) is 5.50. The van der Waals surface area contributed by atoms with E-state index in [2.05, 4.69) is 10.2 Å². The lowest BCUT2D eigenvalue weighted by Crippen LogP contribution is -2.55. The first-order valence-corrected chi connectivity index (χ1v) is 5.80. The molecular weight excluding hydrogens is 236 g/mol. The smallest absolute Gasteiger partial charge is 0.259 e. The molecule has 1 amide bonds. The second kappa shape index (κ2) is 4.58. The van der Waals surface area contributed by atoms with E-state index in [4.69, 9.17) is 10.5 Å². The zero-order valence-corrected chi connectivity index (χ0v) is 10.5. The number of nitrogen functional groups attached to an aromatic ring is 1. The summed E-state index contributed by atoms with van der Waals surface area (Å²) in [6.07, 6.45) is 1.04. The van der Waals surface area contributed by atoms with Crippen molar-refractivity contribution in [1.29, 1.82) is 0 Å². The molecule has 1 atom stereocenters. The monoisotopic (exact) mass is 254 g/mol. The predicted molar refractivity (Wildman–Crippen MR) is 64.9 cm³/mol. The SMILES string of the molecule is CC1(C)CN(C(=O)c2cn[nH]c2N)CC(CO)O1. The molecule has 1 unspecified atom stereocenters. The van der Waals surface area contributed by atoms with E-state index in [9.17, 15) is 9.90 Å². The van der Waals surface area contributed by atoms with Crippen molar-refractivity contribution in [3.05, 3.63) is 11.8 Å². The normalized spacial score (nSPS) is 23.1. The minimum atomic E-state index is -0.486. The Bertz CT molecular complexity index is 443. The van der Waals surface area contributed by atoms with Crippen LogP contribution in [0.5, 0.6) is 0 Å². The molecule has 4 N–H and O–H groups in total. The molecule has 1 aromatic heterocycles. The minimum Gasteiger partial charge on any atom is -0.394 e. The van der Waals surface area contributed by atoms with E-state index in [0.717, 1.165) is 0 Å². The highest BCUT2D eigenvalue weighted by atomic mass is 16.5. The third kappa shape index (κ3) is 2.46. The number of carbonyl (C=O) groups is 1. The van der Waals surface area contributed by atoms with Gasteiger partial charge >= 0.3 is 0 Å². The summed E-state index contributed by atoms with van der Waals surface area (Å²) in [4.78, 5) is 13.9. The summed E-state index contributed by atoms with van der Waals surface area (Å²) in [6, 6.07) is 0. The predicted octanol–water partition coefficient (Wildman–Crippen LogP) is -0.396. The van der Waals surface area contributed by atoms with E-state index in [1.807, 2.05) is 13.8 Å². The molecule has 0 bridgehead atoms. The Morgan fingerprint density at radius 1 is 1.78 bits per heavy atom. The number of aliphatic hydroxyl groups is 1. The van der Waals surface area contributed by atoms with Gasteiger partial charge in [-0.05, 0) is 13.8 Å². The van der Waals surface area contributed by atoms with Crippen molar-refractivity contribution in [2.45, 2.75) is 25.6 Å². The summed E-state index contributed by atoms with van der Waals surface area (Å²) in [5, 5.41) is 15.5. The van der Waals surface area contributed by atoms with Crippen LogP contribution >= 0.6 is 0 Å². The van der Waals surface area contributed by atoms with Crippen molar-refractivity contribution >= 4 is 11.7 Å². The molecule has 100 valence electrons. The maximum atomic E-state index is 12.3. The number of morpholine rings is 1. The van der Waals surface area contributed by atoms with Gasteiger partial charge in [-0.1, -0.05) is 0 Å². The Morgan fingerprint density at radius 2 is 2.50 bits per heavy atom. The number of aromatic nitrogens is 2. The molecule has 0 aromatic carbocycles. The standard InChI is InChI=1S/C11H18N4O3/c1-11(2)6-15(4-7(5-16)18-11)10(17)8-3-13-14-9(8)12/h3,7,16H,4-6H2,1-2H3,(H3,12,13,14). The van der Waals surface area contributed by atoms with E-state index in [-0.39, 0.29) is 24.4 Å². The molecule has 2 heterocycles. The van der Waals surface area contributed by atoms with Gasteiger partial charge in [0.15, 0.2) is 0 Å². The van der Waals surface area contributed by atoms with Crippen LogP contribution in [0.15, 0.2) is 6.20 Å². The van der Waals surface area contributed by atoms with Gasteiger partial charge in [-0.3, -0.25) is 9.89 Å². The second-order valence-corrected chi connectivity index (χ2v) is 5.07. The average molecular weight is 254 g/mol. The Kier molecular flexibility index (Phi) is 3.27. The number of nitrogens with zero attached hydrogens (tertiary/aromatic N) is 2. The summed E-state index contributed by atoms with van der Waals surface area (Å²) in [5.74, 6) is 0.0564. The van der Waals surface area contributed by atoms with Gasteiger partial charge in [-0.15, -0.1) is 0 Å². The van der Waals surface area contributed by atoms with Crippen LogP contribution in [-0.2, 0) is 4.74 Å². The number of nitrogens with two attached hydrogens (primary N) is 1. The fourth-order valence-electron chi connectivity index (χ4n) is 2.18. The Hall–Kier alpha value is -1.60. The fraction of sp³-hybridized carbons (Fsp3) is 0.636. The number of aromatic amines is 1. The van der Waals surface area contributed by atoms with Crippen molar-refractivity contribution in [3.8, 4) is 0 Å². The van der Waals surface area contributed by atoms with Crippen LogP contribution in [-0.4, -0.2) is 57.5 Å². The summed E-state index contributed by atoms with van der Waals surface area (Å²) in [6.45, 7) is 4.45. The van der Waals surface area contributed by atoms with Crippen molar-refractivity contribution in [2.75, 3.05) is 25.4 Å². The molecule has 7 heteroatoms. The lowest BCUT2D eigenvalue weighted by molar-refractivity contribution is -0.139. The molecule has 1 aliphatic rings. The fourth-order valence-corrected chi connectivity index (χ4v) is 2.18. The molecule has 7 nitrogen and oxygen atoms in total. The molecule has 1 aromatic rings. The molecule has 0 spiro atoms. The molecule has 1 aliphatic heterocycles.